The standard InChI is InChI=1S/C20H18N2OS/c1-13-3-5-14(6-4-13)12-21-20-22-19-17-9-8-16(23-2)11-15(17)7-10-18(19)24-20/h3-6,8-9,11-12H,7,10H2,1-2H3. The van der Waals surface area contributed by atoms with E-state index in [2.05, 4.69) is 48.3 Å². The van der Waals surface area contributed by atoms with Crippen LogP contribution in [0, 0.1) is 6.92 Å². The van der Waals surface area contributed by atoms with Gasteiger partial charge < -0.3 is 4.74 Å². The molecule has 0 aliphatic heterocycles. The van der Waals surface area contributed by atoms with Crippen molar-refractivity contribution in [2.75, 3.05) is 7.11 Å². The van der Waals surface area contributed by atoms with E-state index >= 15 is 0 Å². The molecule has 0 unspecified atom stereocenters. The Bertz CT molecular complexity index is 910. The first-order valence-corrected chi connectivity index (χ1v) is 8.82. The first-order chi connectivity index (χ1) is 11.7. The zero-order valence-electron chi connectivity index (χ0n) is 13.7. The van der Waals surface area contributed by atoms with E-state index < -0.39 is 0 Å². The van der Waals surface area contributed by atoms with E-state index in [0.717, 1.165) is 35.0 Å². The average Bonchev–Trinajstić information content (AvgIpc) is 3.04. The number of aryl methyl sites for hydroxylation is 3. The van der Waals surface area contributed by atoms with Crippen LogP contribution < -0.4 is 4.74 Å². The second-order valence-corrected chi connectivity index (χ2v) is 7.02. The van der Waals surface area contributed by atoms with Gasteiger partial charge in [0.05, 0.1) is 12.8 Å². The maximum Gasteiger partial charge on any atom is 0.209 e. The third kappa shape index (κ3) is 2.85. The number of thiazole rings is 1. The summed E-state index contributed by atoms with van der Waals surface area (Å²) in [6, 6.07) is 14.6. The van der Waals surface area contributed by atoms with Crippen molar-refractivity contribution in [1.82, 2.24) is 4.98 Å². The summed E-state index contributed by atoms with van der Waals surface area (Å²) < 4.78 is 5.33. The fraction of sp³-hybridized carbons (Fsp3) is 0.200. The molecule has 1 heterocycles. The van der Waals surface area contributed by atoms with Crippen molar-refractivity contribution < 1.29 is 4.74 Å². The molecule has 1 aliphatic carbocycles. The molecule has 0 fully saturated rings. The van der Waals surface area contributed by atoms with E-state index in [1.54, 1.807) is 18.4 Å². The summed E-state index contributed by atoms with van der Waals surface area (Å²) in [6.07, 6.45) is 3.94. The fourth-order valence-corrected chi connectivity index (χ4v) is 3.86. The lowest BCUT2D eigenvalue weighted by Gasteiger charge is -2.15. The molecule has 3 nitrogen and oxygen atoms in total. The van der Waals surface area contributed by atoms with Crippen LogP contribution in [-0.4, -0.2) is 18.3 Å². The fourth-order valence-electron chi connectivity index (χ4n) is 2.94. The van der Waals surface area contributed by atoms with Crippen LogP contribution in [0.2, 0.25) is 0 Å². The van der Waals surface area contributed by atoms with Crippen LogP contribution in [0.15, 0.2) is 47.5 Å². The largest absolute Gasteiger partial charge is 0.497 e. The minimum atomic E-state index is 0.823. The number of nitrogens with zero attached hydrogens (tertiary/aromatic N) is 2. The van der Waals surface area contributed by atoms with E-state index in [9.17, 15) is 0 Å². The molecule has 0 atom stereocenters. The van der Waals surface area contributed by atoms with Gasteiger partial charge in [0, 0.05) is 16.7 Å². The number of rotatable bonds is 3. The second kappa shape index (κ2) is 6.21. The van der Waals surface area contributed by atoms with Crippen molar-refractivity contribution in [2.24, 2.45) is 4.99 Å². The number of benzene rings is 2. The molecule has 0 bridgehead atoms. The van der Waals surface area contributed by atoms with Crippen molar-refractivity contribution >= 4 is 22.7 Å². The highest BCUT2D eigenvalue weighted by Crippen LogP contribution is 2.40. The van der Waals surface area contributed by atoms with Gasteiger partial charge in [0.15, 0.2) is 0 Å². The van der Waals surface area contributed by atoms with Crippen LogP contribution >= 0.6 is 11.3 Å². The molecule has 0 radical (unpaired) electrons. The van der Waals surface area contributed by atoms with E-state index in [1.807, 2.05) is 12.3 Å². The van der Waals surface area contributed by atoms with Gasteiger partial charge in [0.2, 0.25) is 5.13 Å². The van der Waals surface area contributed by atoms with Crippen LogP contribution in [0.4, 0.5) is 5.13 Å². The molecule has 0 N–H and O–H groups in total. The average molecular weight is 334 g/mol. The smallest absolute Gasteiger partial charge is 0.209 e. The normalized spacial score (nSPS) is 12.9. The molecule has 4 rings (SSSR count). The highest BCUT2D eigenvalue weighted by Gasteiger charge is 2.21. The van der Waals surface area contributed by atoms with Crippen LogP contribution in [0.25, 0.3) is 11.3 Å². The van der Waals surface area contributed by atoms with E-state index in [4.69, 9.17) is 9.72 Å². The van der Waals surface area contributed by atoms with E-state index in [1.165, 1.54) is 21.6 Å². The minimum Gasteiger partial charge on any atom is -0.497 e. The Morgan fingerprint density at radius 3 is 2.75 bits per heavy atom. The van der Waals surface area contributed by atoms with Crippen LogP contribution in [0.3, 0.4) is 0 Å². The Hall–Kier alpha value is -2.46. The quantitative estimate of drug-likeness (QED) is 0.633. The molecule has 4 heteroatoms. The number of fused-ring (bicyclic) bond motifs is 3. The first-order valence-electron chi connectivity index (χ1n) is 8.00. The summed E-state index contributed by atoms with van der Waals surface area (Å²) in [7, 11) is 1.71. The van der Waals surface area contributed by atoms with Crippen LogP contribution in [-0.2, 0) is 12.8 Å². The number of aromatic nitrogens is 1. The molecule has 0 saturated heterocycles. The van der Waals surface area contributed by atoms with Crippen molar-refractivity contribution in [2.45, 2.75) is 19.8 Å². The van der Waals surface area contributed by atoms with Gasteiger partial charge in [-0.05, 0) is 49.1 Å². The number of hydrogen-bond acceptors (Lipinski definition) is 4. The van der Waals surface area contributed by atoms with E-state index in [0.29, 0.717) is 0 Å². The summed E-state index contributed by atoms with van der Waals surface area (Å²) >= 11 is 1.69. The lowest BCUT2D eigenvalue weighted by atomic mass is 9.93. The van der Waals surface area contributed by atoms with Gasteiger partial charge in [-0.3, -0.25) is 0 Å². The molecule has 0 spiro atoms. The number of methoxy groups -OCH3 is 1. The van der Waals surface area contributed by atoms with Gasteiger partial charge in [-0.15, -0.1) is 0 Å². The number of aliphatic imine (C=N–C) groups is 1. The van der Waals surface area contributed by atoms with Gasteiger partial charge in [-0.1, -0.05) is 41.2 Å². The third-order valence-corrected chi connectivity index (χ3v) is 5.30. The van der Waals surface area contributed by atoms with Crippen molar-refractivity contribution in [3.63, 3.8) is 0 Å². The number of ether oxygens (including phenoxy) is 1. The third-order valence-electron chi connectivity index (χ3n) is 4.28. The molecule has 0 amide bonds. The Kier molecular flexibility index (Phi) is 3.90. The summed E-state index contributed by atoms with van der Waals surface area (Å²) in [5.74, 6) is 0.907. The molecular weight excluding hydrogens is 316 g/mol. The van der Waals surface area contributed by atoms with E-state index in [-0.39, 0.29) is 0 Å². The van der Waals surface area contributed by atoms with Gasteiger partial charge in [-0.25, -0.2) is 9.98 Å². The SMILES string of the molecule is COc1ccc2c(c1)CCc1sc(N=Cc3ccc(C)cc3)nc1-2. The van der Waals surface area contributed by atoms with Crippen LogP contribution in [0.1, 0.15) is 21.6 Å². The highest BCUT2D eigenvalue weighted by atomic mass is 32.1. The van der Waals surface area contributed by atoms with Crippen molar-refractivity contribution in [3.05, 3.63) is 64.0 Å². The monoisotopic (exact) mass is 334 g/mol. The molecule has 120 valence electrons. The Morgan fingerprint density at radius 2 is 1.96 bits per heavy atom. The Labute approximate surface area is 145 Å². The maximum atomic E-state index is 5.33. The van der Waals surface area contributed by atoms with Gasteiger partial charge in [-0.2, -0.15) is 0 Å². The zero-order chi connectivity index (χ0) is 16.5. The molecule has 1 aliphatic rings. The topological polar surface area (TPSA) is 34.5 Å². The molecule has 1 aromatic heterocycles. The predicted molar refractivity (Wildman–Crippen MR) is 99.9 cm³/mol. The molecule has 0 saturated carbocycles. The predicted octanol–water partition coefficient (Wildman–Crippen LogP) is 4.98. The second-order valence-electron chi connectivity index (χ2n) is 5.96. The lowest BCUT2D eigenvalue weighted by molar-refractivity contribution is 0.414. The van der Waals surface area contributed by atoms with Crippen LogP contribution in [0.5, 0.6) is 5.75 Å². The summed E-state index contributed by atoms with van der Waals surface area (Å²) in [6.45, 7) is 2.09. The maximum absolute atomic E-state index is 5.33. The summed E-state index contributed by atoms with van der Waals surface area (Å²) in [5, 5.41) is 0.823. The molecule has 2 aromatic carbocycles. The van der Waals surface area contributed by atoms with Crippen molar-refractivity contribution in [3.8, 4) is 17.0 Å². The van der Waals surface area contributed by atoms with Gasteiger partial charge >= 0.3 is 0 Å². The summed E-state index contributed by atoms with van der Waals surface area (Å²) in [5.41, 5.74) is 5.95. The lowest BCUT2D eigenvalue weighted by Crippen LogP contribution is -2.02. The molecule has 24 heavy (non-hydrogen) atoms. The van der Waals surface area contributed by atoms with Gasteiger partial charge in [0.1, 0.15) is 5.75 Å². The van der Waals surface area contributed by atoms with Gasteiger partial charge in [0.25, 0.3) is 0 Å². The zero-order valence-corrected chi connectivity index (χ0v) is 14.6. The minimum absolute atomic E-state index is 0.823. The highest BCUT2D eigenvalue weighted by molar-refractivity contribution is 7.15. The molecule has 3 aromatic rings. The summed E-state index contributed by atoms with van der Waals surface area (Å²) in [4.78, 5) is 10.7. The first kappa shape index (κ1) is 15.1. The number of hydrogen-bond donors (Lipinski definition) is 0. The Balaban J connectivity index is 1.65. The van der Waals surface area contributed by atoms with Crippen molar-refractivity contribution in [1.29, 1.82) is 0 Å². The molecular formula is C20H18N2OS. The Morgan fingerprint density at radius 1 is 1.12 bits per heavy atom.